The highest BCUT2D eigenvalue weighted by molar-refractivity contribution is 7.92. The lowest BCUT2D eigenvalue weighted by Gasteiger charge is -2.06. The van der Waals surface area contributed by atoms with Crippen molar-refractivity contribution in [2.75, 3.05) is 5.75 Å². The van der Waals surface area contributed by atoms with E-state index in [9.17, 15) is 4.21 Å². The molecule has 0 amide bonds. The molecule has 1 N–H and O–H groups in total. The van der Waals surface area contributed by atoms with Crippen molar-refractivity contribution in [3.05, 3.63) is 29.8 Å². The van der Waals surface area contributed by atoms with Crippen molar-refractivity contribution >= 4 is 33.7 Å². The summed E-state index contributed by atoms with van der Waals surface area (Å²) in [5.74, 6) is 0.814. The average Bonchev–Trinajstić information content (AvgIpc) is 2.18. The minimum absolute atomic E-state index is 0. The van der Waals surface area contributed by atoms with Gasteiger partial charge in [-0.3, -0.25) is 0 Å². The second-order valence-corrected chi connectivity index (χ2v) is 5.66. The molecule has 0 aliphatic rings. The van der Waals surface area contributed by atoms with E-state index in [0.717, 1.165) is 12.0 Å². The van der Waals surface area contributed by atoms with E-state index in [1.54, 1.807) is 18.2 Å². The first-order valence-corrected chi connectivity index (χ1v) is 6.77. The van der Waals surface area contributed by atoms with E-state index in [1.165, 1.54) is 0 Å². The molecule has 0 radical (unpaired) electrons. The van der Waals surface area contributed by atoms with Crippen LogP contribution in [-0.2, 0) is 15.6 Å². The second-order valence-electron chi connectivity index (χ2n) is 3.16. The SMILES string of the molecule is CCCS(=N)(=O)c1cccc(CCl)c1.Cl. The van der Waals surface area contributed by atoms with Gasteiger partial charge in [-0.05, 0) is 24.1 Å². The van der Waals surface area contributed by atoms with Gasteiger partial charge in [0.2, 0.25) is 0 Å². The van der Waals surface area contributed by atoms with Crippen LogP contribution in [0.15, 0.2) is 29.2 Å². The number of halogens is 2. The van der Waals surface area contributed by atoms with Crippen LogP contribution in [0.25, 0.3) is 0 Å². The molecule has 0 saturated carbocycles. The zero-order valence-corrected chi connectivity index (χ0v) is 10.9. The van der Waals surface area contributed by atoms with Gasteiger partial charge in [0.15, 0.2) is 0 Å². The molecule has 0 fully saturated rings. The third-order valence-corrected chi connectivity index (χ3v) is 4.23. The normalized spacial score (nSPS) is 14.0. The Labute approximate surface area is 102 Å². The molecule has 1 unspecified atom stereocenters. The first-order chi connectivity index (χ1) is 6.60. The zero-order valence-electron chi connectivity index (χ0n) is 8.53. The van der Waals surface area contributed by atoms with Crippen LogP contribution in [0.5, 0.6) is 0 Å². The van der Waals surface area contributed by atoms with Gasteiger partial charge in [-0.2, -0.15) is 0 Å². The molecule has 86 valence electrons. The van der Waals surface area contributed by atoms with Crippen molar-refractivity contribution < 1.29 is 4.21 Å². The van der Waals surface area contributed by atoms with Crippen molar-refractivity contribution in [3.63, 3.8) is 0 Å². The summed E-state index contributed by atoms with van der Waals surface area (Å²) in [7, 11) is -2.60. The predicted molar refractivity (Wildman–Crippen MR) is 67.5 cm³/mol. The molecule has 0 aliphatic carbocycles. The van der Waals surface area contributed by atoms with Gasteiger partial charge in [0.25, 0.3) is 0 Å². The highest BCUT2D eigenvalue weighted by Crippen LogP contribution is 2.15. The van der Waals surface area contributed by atoms with Gasteiger partial charge < -0.3 is 0 Å². The van der Waals surface area contributed by atoms with Crippen LogP contribution >= 0.6 is 24.0 Å². The fraction of sp³-hybridized carbons (Fsp3) is 0.400. The lowest BCUT2D eigenvalue weighted by atomic mass is 10.2. The highest BCUT2D eigenvalue weighted by Gasteiger charge is 2.08. The van der Waals surface area contributed by atoms with Crippen molar-refractivity contribution in [1.29, 1.82) is 4.78 Å². The first kappa shape index (κ1) is 14.8. The largest absolute Gasteiger partial charge is 0.249 e. The Hall–Kier alpha value is -0.250. The molecule has 5 heteroatoms. The summed E-state index contributed by atoms with van der Waals surface area (Å²) in [6.07, 6.45) is 0.757. The molecule has 0 bridgehead atoms. The third kappa shape index (κ3) is 4.01. The monoisotopic (exact) mass is 267 g/mol. The number of hydrogen-bond acceptors (Lipinski definition) is 2. The van der Waals surface area contributed by atoms with Gasteiger partial charge in [0, 0.05) is 16.5 Å². The van der Waals surface area contributed by atoms with Crippen molar-refractivity contribution in [1.82, 2.24) is 0 Å². The molecular formula is C10H15Cl2NOS. The molecule has 1 atom stereocenters. The third-order valence-electron chi connectivity index (χ3n) is 1.93. The van der Waals surface area contributed by atoms with Crippen LogP contribution in [0.4, 0.5) is 0 Å². The molecule has 0 aliphatic heterocycles. The van der Waals surface area contributed by atoms with E-state index in [4.69, 9.17) is 16.4 Å². The van der Waals surface area contributed by atoms with E-state index in [0.29, 0.717) is 16.5 Å². The van der Waals surface area contributed by atoms with Crippen LogP contribution in [-0.4, -0.2) is 9.96 Å². The Morgan fingerprint density at radius 3 is 2.67 bits per heavy atom. The smallest absolute Gasteiger partial charge is 0.0726 e. The average molecular weight is 268 g/mol. The number of nitrogens with one attached hydrogen (secondary N) is 1. The lowest BCUT2D eigenvalue weighted by Crippen LogP contribution is -2.04. The number of benzene rings is 1. The van der Waals surface area contributed by atoms with Gasteiger partial charge in [-0.25, -0.2) is 8.99 Å². The fourth-order valence-electron chi connectivity index (χ4n) is 1.24. The Morgan fingerprint density at radius 2 is 2.13 bits per heavy atom. The molecule has 2 nitrogen and oxygen atoms in total. The van der Waals surface area contributed by atoms with E-state index in [1.807, 2.05) is 13.0 Å². The maximum atomic E-state index is 11.9. The summed E-state index contributed by atoms with van der Waals surface area (Å²) >= 11 is 5.67. The minimum atomic E-state index is -2.60. The first-order valence-electron chi connectivity index (χ1n) is 4.51. The van der Waals surface area contributed by atoms with E-state index < -0.39 is 9.73 Å². The Morgan fingerprint density at radius 1 is 1.47 bits per heavy atom. The maximum absolute atomic E-state index is 11.9. The van der Waals surface area contributed by atoms with Crippen molar-refractivity contribution in [2.45, 2.75) is 24.1 Å². The fourth-order valence-corrected chi connectivity index (χ4v) is 2.86. The van der Waals surface area contributed by atoms with E-state index in [-0.39, 0.29) is 12.4 Å². The number of hydrogen-bond donors (Lipinski definition) is 1. The van der Waals surface area contributed by atoms with Crippen LogP contribution in [0.1, 0.15) is 18.9 Å². The summed E-state index contributed by atoms with van der Waals surface area (Å²) in [6.45, 7) is 1.93. The molecule has 0 heterocycles. The second kappa shape index (κ2) is 6.36. The maximum Gasteiger partial charge on any atom is 0.0726 e. The van der Waals surface area contributed by atoms with E-state index in [2.05, 4.69) is 0 Å². The quantitative estimate of drug-likeness (QED) is 0.832. The Balaban J connectivity index is 0.00000196. The zero-order chi connectivity index (χ0) is 10.6. The molecule has 1 aromatic rings. The number of rotatable bonds is 4. The predicted octanol–water partition coefficient (Wildman–Crippen LogP) is 3.66. The van der Waals surface area contributed by atoms with Crippen molar-refractivity contribution in [2.24, 2.45) is 0 Å². The summed E-state index contributed by atoms with van der Waals surface area (Å²) in [4.78, 5) is 0.595. The standard InChI is InChI=1S/C10H14ClNOS.ClH/c1-2-6-14(12,13)10-5-3-4-9(7-10)8-11;/h3-5,7,12H,2,6,8H2,1H3;1H. The van der Waals surface area contributed by atoms with Gasteiger partial charge in [0.1, 0.15) is 0 Å². The van der Waals surface area contributed by atoms with Crippen LogP contribution in [0.2, 0.25) is 0 Å². The lowest BCUT2D eigenvalue weighted by molar-refractivity contribution is 0.673. The summed E-state index contributed by atoms with van der Waals surface area (Å²) in [5, 5.41) is 0. The van der Waals surface area contributed by atoms with Gasteiger partial charge >= 0.3 is 0 Å². The van der Waals surface area contributed by atoms with Crippen molar-refractivity contribution in [3.8, 4) is 0 Å². The van der Waals surface area contributed by atoms with Crippen LogP contribution in [0, 0.1) is 4.78 Å². The Bertz CT molecular complexity index is 404. The number of alkyl halides is 1. The molecule has 1 rings (SSSR count). The molecule has 0 aromatic heterocycles. The molecular weight excluding hydrogens is 253 g/mol. The minimum Gasteiger partial charge on any atom is -0.249 e. The summed E-state index contributed by atoms with van der Waals surface area (Å²) < 4.78 is 19.6. The van der Waals surface area contributed by atoms with Crippen LogP contribution < -0.4 is 0 Å². The molecule has 1 aromatic carbocycles. The molecule has 0 saturated heterocycles. The summed E-state index contributed by atoms with van der Waals surface area (Å²) in [5.41, 5.74) is 0.917. The van der Waals surface area contributed by atoms with Gasteiger partial charge in [-0.1, -0.05) is 19.1 Å². The van der Waals surface area contributed by atoms with Gasteiger partial charge in [0.05, 0.1) is 9.73 Å². The molecule has 15 heavy (non-hydrogen) atoms. The Kier molecular flexibility index (Phi) is 6.25. The van der Waals surface area contributed by atoms with E-state index >= 15 is 0 Å². The summed E-state index contributed by atoms with van der Waals surface area (Å²) in [6, 6.07) is 7.17. The molecule has 0 spiro atoms. The van der Waals surface area contributed by atoms with Crippen LogP contribution in [0.3, 0.4) is 0 Å². The van der Waals surface area contributed by atoms with Gasteiger partial charge in [-0.15, -0.1) is 24.0 Å². The topological polar surface area (TPSA) is 40.9 Å². The highest BCUT2D eigenvalue weighted by atomic mass is 35.5.